The molecule has 8 heteroatoms. The Balaban J connectivity index is 2.01. The molecule has 0 unspecified atom stereocenters. The maximum absolute atomic E-state index is 12.2. The van der Waals surface area contributed by atoms with Crippen molar-refractivity contribution in [3.63, 3.8) is 0 Å². The van der Waals surface area contributed by atoms with Gasteiger partial charge in [-0.15, -0.1) is 21.5 Å². The molecule has 28 heavy (non-hydrogen) atoms. The van der Waals surface area contributed by atoms with Crippen LogP contribution in [0.25, 0.3) is 5.00 Å². The van der Waals surface area contributed by atoms with Crippen molar-refractivity contribution >= 4 is 34.6 Å². The minimum Gasteiger partial charge on any atom is -0.359 e. The van der Waals surface area contributed by atoms with Crippen LogP contribution in [0.4, 0.5) is 0 Å². The second-order valence-corrected chi connectivity index (χ2v) is 8.42. The summed E-state index contributed by atoms with van der Waals surface area (Å²) in [6.07, 6.45) is 0.207. The molecule has 0 bridgehead atoms. The van der Waals surface area contributed by atoms with Gasteiger partial charge in [0.15, 0.2) is 5.82 Å². The zero-order chi connectivity index (χ0) is 20.0. The van der Waals surface area contributed by atoms with E-state index in [1.165, 1.54) is 10.4 Å². The minimum atomic E-state index is -0.425. The zero-order valence-corrected chi connectivity index (χ0v) is 17.6. The summed E-state index contributed by atoms with van der Waals surface area (Å²) < 4.78 is 2.04. The Bertz CT molecular complexity index is 1100. The highest BCUT2D eigenvalue weighted by atomic mass is 35.5. The summed E-state index contributed by atoms with van der Waals surface area (Å²) in [4.78, 5) is 18.4. The number of hydrogen-bond acceptors (Lipinski definition) is 5. The zero-order valence-electron chi connectivity index (χ0n) is 16.1. The summed E-state index contributed by atoms with van der Waals surface area (Å²) in [5.74, 6) is 1.38. The van der Waals surface area contributed by atoms with Gasteiger partial charge in [0.2, 0.25) is 5.91 Å². The molecule has 1 aromatic carbocycles. The van der Waals surface area contributed by atoms with E-state index < -0.39 is 6.04 Å². The van der Waals surface area contributed by atoms with E-state index in [-0.39, 0.29) is 12.3 Å². The third-order valence-corrected chi connectivity index (χ3v) is 6.46. The predicted molar refractivity (Wildman–Crippen MR) is 112 cm³/mol. The first-order valence-electron chi connectivity index (χ1n) is 8.97. The maximum Gasteiger partial charge on any atom is 0.222 e. The van der Waals surface area contributed by atoms with Gasteiger partial charge in [-0.1, -0.05) is 23.7 Å². The van der Waals surface area contributed by atoms with Crippen molar-refractivity contribution in [3.8, 4) is 5.00 Å². The fourth-order valence-corrected chi connectivity index (χ4v) is 4.75. The third kappa shape index (κ3) is 3.04. The Kier molecular flexibility index (Phi) is 4.81. The number of carbonyl (C=O) groups excluding carboxylic acids is 1. The van der Waals surface area contributed by atoms with Crippen LogP contribution in [0, 0.1) is 20.8 Å². The predicted octanol–water partition coefficient (Wildman–Crippen LogP) is 3.94. The van der Waals surface area contributed by atoms with Gasteiger partial charge in [0.05, 0.1) is 12.1 Å². The molecule has 6 nitrogen and oxygen atoms in total. The molecule has 1 N–H and O–H groups in total. The van der Waals surface area contributed by atoms with Crippen molar-refractivity contribution in [1.29, 1.82) is 0 Å². The molecule has 1 aliphatic heterocycles. The summed E-state index contributed by atoms with van der Waals surface area (Å²) in [5, 5.41) is 13.1. The summed E-state index contributed by atoms with van der Waals surface area (Å²) in [7, 11) is 1.63. The topological polar surface area (TPSA) is 72.2 Å². The second-order valence-electron chi connectivity index (χ2n) is 6.78. The number of amides is 1. The van der Waals surface area contributed by atoms with E-state index in [2.05, 4.69) is 29.4 Å². The van der Waals surface area contributed by atoms with Crippen LogP contribution in [0.5, 0.6) is 0 Å². The van der Waals surface area contributed by atoms with Crippen molar-refractivity contribution in [2.24, 2.45) is 4.99 Å². The van der Waals surface area contributed by atoms with Crippen molar-refractivity contribution in [2.45, 2.75) is 33.2 Å². The number of halogens is 1. The lowest BCUT2D eigenvalue weighted by Crippen LogP contribution is -2.21. The van der Waals surface area contributed by atoms with E-state index in [0.29, 0.717) is 10.8 Å². The monoisotopic (exact) mass is 413 g/mol. The average Bonchev–Trinajstić information content (AvgIpc) is 3.15. The van der Waals surface area contributed by atoms with Gasteiger partial charge in [0, 0.05) is 28.1 Å². The number of rotatable bonds is 3. The van der Waals surface area contributed by atoms with Crippen LogP contribution < -0.4 is 5.32 Å². The molecule has 1 aliphatic rings. The Hall–Kier alpha value is -2.51. The van der Waals surface area contributed by atoms with Crippen LogP contribution in [-0.2, 0) is 4.79 Å². The molecule has 1 amide bonds. The van der Waals surface area contributed by atoms with Crippen molar-refractivity contribution < 1.29 is 4.79 Å². The van der Waals surface area contributed by atoms with Gasteiger partial charge in [0.25, 0.3) is 0 Å². The number of aromatic nitrogens is 3. The number of aryl methyl sites for hydroxylation is 2. The number of benzene rings is 1. The highest BCUT2D eigenvalue weighted by molar-refractivity contribution is 7.15. The first-order chi connectivity index (χ1) is 13.4. The van der Waals surface area contributed by atoms with E-state index in [0.717, 1.165) is 27.7 Å². The van der Waals surface area contributed by atoms with E-state index in [1.54, 1.807) is 18.4 Å². The van der Waals surface area contributed by atoms with Gasteiger partial charge < -0.3 is 5.32 Å². The van der Waals surface area contributed by atoms with Gasteiger partial charge in [-0.25, -0.2) is 0 Å². The van der Waals surface area contributed by atoms with E-state index >= 15 is 0 Å². The number of nitrogens with one attached hydrogen (secondary N) is 1. The smallest absolute Gasteiger partial charge is 0.222 e. The molecular weight excluding hydrogens is 394 g/mol. The SMILES string of the molecule is CNC(=O)C[C@H]1N=C(c2ccc(Cl)cc2)c2c(sc(C)c2C)-n2c(C)nnc21. The molecule has 0 fully saturated rings. The Morgan fingerprint density at radius 3 is 2.61 bits per heavy atom. The van der Waals surface area contributed by atoms with Gasteiger partial charge in [-0.05, 0) is 38.5 Å². The molecule has 1 atom stereocenters. The largest absolute Gasteiger partial charge is 0.359 e. The lowest BCUT2D eigenvalue weighted by atomic mass is 9.99. The minimum absolute atomic E-state index is 0.0884. The van der Waals surface area contributed by atoms with E-state index in [1.807, 2.05) is 35.8 Å². The Morgan fingerprint density at radius 1 is 1.21 bits per heavy atom. The fraction of sp³-hybridized carbons (Fsp3) is 0.300. The first kappa shape index (κ1) is 18.8. The molecular formula is C20H20ClN5OS. The van der Waals surface area contributed by atoms with Gasteiger partial charge >= 0.3 is 0 Å². The van der Waals surface area contributed by atoms with Crippen LogP contribution in [0.3, 0.4) is 0 Å². The highest BCUT2D eigenvalue weighted by Crippen LogP contribution is 2.39. The number of thiophene rings is 1. The molecule has 0 saturated carbocycles. The molecule has 0 aliphatic carbocycles. The summed E-state index contributed by atoms with van der Waals surface area (Å²) in [6, 6.07) is 7.22. The summed E-state index contributed by atoms with van der Waals surface area (Å²) >= 11 is 7.79. The average molecular weight is 414 g/mol. The summed E-state index contributed by atoms with van der Waals surface area (Å²) in [5.41, 5.74) is 4.05. The Labute approximate surface area is 172 Å². The molecule has 144 valence electrons. The van der Waals surface area contributed by atoms with Gasteiger partial charge in [0.1, 0.15) is 16.9 Å². The summed E-state index contributed by atoms with van der Waals surface area (Å²) in [6.45, 7) is 6.14. The lowest BCUT2D eigenvalue weighted by Gasteiger charge is -2.12. The number of hydrogen-bond donors (Lipinski definition) is 1. The van der Waals surface area contributed by atoms with Crippen LogP contribution in [0.1, 0.15) is 45.7 Å². The molecule has 4 rings (SSSR count). The van der Waals surface area contributed by atoms with Crippen LogP contribution >= 0.6 is 22.9 Å². The normalized spacial score (nSPS) is 15.5. The van der Waals surface area contributed by atoms with Crippen molar-refractivity contribution in [1.82, 2.24) is 20.1 Å². The van der Waals surface area contributed by atoms with E-state index in [9.17, 15) is 4.79 Å². The molecule has 3 aromatic rings. The number of fused-ring (bicyclic) bond motifs is 3. The third-order valence-electron chi connectivity index (χ3n) is 5.01. The van der Waals surface area contributed by atoms with Gasteiger partial charge in [-0.2, -0.15) is 0 Å². The molecule has 0 saturated heterocycles. The van der Waals surface area contributed by atoms with E-state index in [4.69, 9.17) is 16.6 Å². The number of carbonyl (C=O) groups is 1. The Morgan fingerprint density at radius 2 is 1.93 bits per heavy atom. The second kappa shape index (κ2) is 7.14. The highest BCUT2D eigenvalue weighted by Gasteiger charge is 2.32. The number of nitrogens with zero attached hydrogens (tertiary/aromatic N) is 4. The maximum atomic E-state index is 12.2. The standard InChI is InChI=1S/C20H20ClN5OS/c1-10-11(2)28-20-17(10)18(13-5-7-14(21)8-6-13)23-15(9-16(27)22-4)19-25-24-12(3)26(19)20/h5-8,15H,9H2,1-4H3,(H,22,27)/t15-/m1/s1. The first-order valence-corrected chi connectivity index (χ1v) is 10.2. The number of aliphatic imine (C=N–C) groups is 1. The molecule has 3 heterocycles. The molecule has 2 aromatic heterocycles. The van der Waals surface area contributed by atoms with Gasteiger partial charge in [-0.3, -0.25) is 14.4 Å². The molecule has 0 radical (unpaired) electrons. The molecule has 0 spiro atoms. The van der Waals surface area contributed by atoms with Crippen LogP contribution in [-0.4, -0.2) is 33.4 Å². The fourth-order valence-electron chi connectivity index (χ4n) is 3.41. The van der Waals surface area contributed by atoms with Crippen molar-refractivity contribution in [2.75, 3.05) is 7.05 Å². The lowest BCUT2D eigenvalue weighted by molar-refractivity contribution is -0.121. The quantitative estimate of drug-likeness (QED) is 0.706. The van der Waals surface area contributed by atoms with Crippen molar-refractivity contribution in [3.05, 3.63) is 62.5 Å². The van der Waals surface area contributed by atoms with Crippen LogP contribution in [0.15, 0.2) is 29.3 Å². The van der Waals surface area contributed by atoms with Crippen LogP contribution in [0.2, 0.25) is 5.02 Å².